The van der Waals surface area contributed by atoms with Gasteiger partial charge in [0.15, 0.2) is 0 Å². The van der Waals surface area contributed by atoms with Gasteiger partial charge >= 0.3 is 0 Å². The molecule has 184 valence electrons. The molecule has 35 heavy (non-hydrogen) atoms. The van der Waals surface area contributed by atoms with Crippen LogP contribution < -0.4 is 19.5 Å². The minimum Gasteiger partial charge on any atom is -0.497 e. The highest BCUT2D eigenvalue weighted by atomic mass is 32.2. The number of aryl methyl sites for hydroxylation is 1. The number of ether oxygens (including phenoxy) is 3. The average Bonchev–Trinajstić information content (AvgIpc) is 3.38. The molecule has 1 unspecified atom stereocenters. The normalized spacial score (nSPS) is 15.4. The number of anilines is 2. The third-order valence-corrected chi connectivity index (χ3v) is 7.07. The van der Waals surface area contributed by atoms with Crippen molar-refractivity contribution in [1.29, 1.82) is 0 Å². The van der Waals surface area contributed by atoms with Crippen molar-refractivity contribution in [2.75, 3.05) is 30.4 Å². The van der Waals surface area contributed by atoms with Crippen molar-refractivity contribution in [3.63, 3.8) is 0 Å². The van der Waals surface area contributed by atoms with E-state index in [1.807, 2.05) is 0 Å². The van der Waals surface area contributed by atoms with Gasteiger partial charge in [-0.3, -0.25) is 9.52 Å². The molecule has 0 bridgehead atoms. The lowest BCUT2D eigenvalue weighted by Crippen LogP contribution is -2.17. The first kappa shape index (κ1) is 24.6. The number of nitrogens with one attached hydrogen (secondary N) is 2. The quantitative estimate of drug-likeness (QED) is 0.448. The van der Waals surface area contributed by atoms with E-state index >= 15 is 0 Å². The SMILES string of the molecule is COc1ccc(NS(=O)(=O)c2ccc(C)c(NC(=O)c3ccc(OCC4CCCO4)cc3)c2)cc1. The molecule has 2 N–H and O–H groups in total. The van der Waals surface area contributed by atoms with Gasteiger partial charge in [-0.25, -0.2) is 8.42 Å². The summed E-state index contributed by atoms with van der Waals surface area (Å²) in [6.45, 7) is 3.05. The lowest BCUT2D eigenvalue weighted by Gasteiger charge is -2.13. The maximum absolute atomic E-state index is 12.9. The summed E-state index contributed by atoms with van der Waals surface area (Å²) >= 11 is 0. The third kappa shape index (κ3) is 6.32. The first-order chi connectivity index (χ1) is 16.8. The first-order valence-electron chi connectivity index (χ1n) is 11.3. The van der Waals surface area contributed by atoms with Crippen LogP contribution in [0.15, 0.2) is 71.6 Å². The standard InChI is InChI=1S/C26H28N2O6S/c1-18-5-14-24(35(30,31)28-20-8-12-21(32-2)13-9-20)16-25(18)27-26(29)19-6-10-22(11-7-19)34-17-23-4-3-15-33-23/h5-14,16,23,28H,3-4,15,17H2,1-2H3,(H,27,29). The summed E-state index contributed by atoms with van der Waals surface area (Å²) in [5.74, 6) is 0.929. The Morgan fingerprint density at radius 1 is 1.03 bits per heavy atom. The van der Waals surface area contributed by atoms with Crippen LogP contribution in [-0.4, -0.2) is 40.8 Å². The summed E-state index contributed by atoms with van der Waals surface area (Å²) in [7, 11) is -2.32. The lowest BCUT2D eigenvalue weighted by atomic mass is 10.1. The maximum Gasteiger partial charge on any atom is 0.261 e. The Kier molecular flexibility index (Phi) is 7.57. The number of carbonyl (C=O) groups excluding carboxylic acids is 1. The maximum atomic E-state index is 12.9. The van der Waals surface area contributed by atoms with Crippen molar-refractivity contribution >= 4 is 27.3 Å². The number of rotatable bonds is 9. The fourth-order valence-corrected chi connectivity index (χ4v) is 4.72. The smallest absolute Gasteiger partial charge is 0.261 e. The Balaban J connectivity index is 1.42. The molecule has 8 nitrogen and oxygen atoms in total. The number of benzene rings is 3. The molecule has 0 aliphatic carbocycles. The van der Waals surface area contributed by atoms with Gasteiger partial charge in [0.1, 0.15) is 18.1 Å². The van der Waals surface area contributed by atoms with Crippen LogP contribution in [0.3, 0.4) is 0 Å². The van der Waals surface area contributed by atoms with Crippen LogP contribution in [0.5, 0.6) is 11.5 Å². The molecule has 1 aliphatic heterocycles. The molecule has 1 saturated heterocycles. The zero-order valence-corrected chi connectivity index (χ0v) is 20.4. The number of hydrogen-bond donors (Lipinski definition) is 2. The second kappa shape index (κ2) is 10.8. The molecule has 0 aromatic heterocycles. The molecular formula is C26H28N2O6S. The molecular weight excluding hydrogens is 468 g/mol. The highest BCUT2D eigenvalue weighted by molar-refractivity contribution is 7.92. The molecule has 0 spiro atoms. The van der Waals surface area contributed by atoms with E-state index in [0.717, 1.165) is 25.0 Å². The Hall–Kier alpha value is -3.56. The zero-order chi connectivity index (χ0) is 24.8. The Labute approximate surface area is 205 Å². The minimum absolute atomic E-state index is 0.0343. The van der Waals surface area contributed by atoms with Crippen molar-refractivity contribution in [3.8, 4) is 11.5 Å². The highest BCUT2D eigenvalue weighted by Gasteiger charge is 2.18. The van der Waals surface area contributed by atoms with Gasteiger partial charge in [-0.15, -0.1) is 0 Å². The number of hydrogen-bond acceptors (Lipinski definition) is 6. The van der Waals surface area contributed by atoms with Crippen LogP contribution in [0.2, 0.25) is 0 Å². The average molecular weight is 497 g/mol. The van der Waals surface area contributed by atoms with E-state index in [2.05, 4.69) is 10.0 Å². The zero-order valence-electron chi connectivity index (χ0n) is 19.6. The van der Waals surface area contributed by atoms with Gasteiger partial charge in [0, 0.05) is 23.5 Å². The molecule has 1 amide bonds. The van der Waals surface area contributed by atoms with Gasteiger partial charge in [0.25, 0.3) is 15.9 Å². The number of carbonyl (C=O) groups is 1. The largest absolute Gasteiger partial charge is 0.497 e. The Morgan fingerprint density at radius 3 is 2.40 bits per heavy atom. The van der Waals surface area contributed by atoms with Crippen molar-refractivity contribution in [1.82, 2.24) is 0 Å². The van der Waals surface area contributed by atoms with Crippen molar-refractivity contribution < 1.29 is 27.4 Å². The minimum atomic E-state index is -3.86. The molecule has 0 radical (unpaired) electrons. The molecule has 1 heterocycles. The van der Waals surface area contributed by atoms with Crippen LogP contribution >= 0.6 is 0 Å². The molecule has 1 aliphatic rings. The fraction of sp³-hybridized carbons (Fsp3) is 0.269. The number of sulfonamides is 1. The molecule has 0 saturated carbocycles. The number of amides is 1. The van der Waals surface area contributed by atoms with E-state index in [4.69, 9.17) is 14.2 Å². The van der Waals surface area contributed by atoms with Gasteiger partial charge in [0.05, 0.1) is 18.1 Å². The summed E-state index contributed by atoms with van der Waals surface area (Å²) in [4.78, 5) is 12.8. The van der Waals surface area contributed by atoms with Crippen LogP contribution in [0.1, 0.15) is 28.8 Å². The summed E-state index contributed by atoms with van der Waals surface area (Å²) in [6.07, 6.45) is 2.15. The second-order valence-electron chi connectivity index (χ2n) is 8.24. The van der Waals surface area contributed by atoms with Crippen molar-refractivity contribution in [2.24, 2.45) is 0 Å². The topological polar surface area (TPSA) is 103 Å². The van der Waals surface area contributed by atoms with E-state index in [9.17, 15) is 13.2 Å². The number of methoxy groups -OCH3 is 1. The predicted molar refractivity (Wildman–Crippen MR) is 134 cm³/mol. The highest BCUT2D eigenvalue weighted by Crippen LogP contribution is 2.24. The monoisotopic (exact) mass is 496 g/mol. The van der Waals surface area contributed by atoms with Crippen LogP contribution in [0, 0.1) is 6.92 Å². The van der Waals surface area contributed by atoms with E-state index in [1.54, 1.807) is 61.5 Å². The van der Waals surface area contributed by atoms with Crippen LogP contribution in [0.4, 0.5) is 11.4 Å². The Bertz CT molecular complexity index is 1270. The Morgan fingerprint density at radius 2 is 1.74 bits per heavy atom. The van der Waals surface area contributed by atoms with Gasteiger partial charge in [0.2, 0.25) is 0 Å². The third-order valence-electron chi connectivity index (χ3n) is 5.69. The van der Waals surface area contributed by atoms with Gasteiger partial charge < -0.3 is 19.5 Å². The second-order valence-corrected chi connectivity index (χ2v) is 9.92. The van der Waals surface area contributed by atoms with Crippen LogP contribution in [-0.2, 0) is 14.8 Å². The van der Waals surface area contributed by atoms with E-state index in [0.29, 0.717) is 35.0 Å². The van der Waals surface area contributed by atoms with Crippen LogP contribution in [0.25, 0.3) is 0 Å². The van der Waals surface area contributed by atoms with Gasteiger partial charge in [-0.2, -0.15) is 0 Å². The summed E-state index contributed by atoms with van der Waals surface area (Å²) in [6, 6.07) is 17.9. The molecule has 4 rings (SSSR count). The van der Waals surface area contributed by atoms with Gasteiger partial charge in [-0.1, -0.05) is 6.07 Å². The molecule has 1 fully saturated rings. The summed E-state index contributed by atoms with van der Waals surface area (Å²) in [5, 5.41) is 2.81. The van der Waals surface area contributed by atoms with Crippen molar-refractivity contribution in [3.05, 3.63) is 77.9 Å². The molecule has 3 aromatic carbocycles. The predicted octanol–water partition coefficient (Wildman–Crippen LogP) is 4.61. The summed E-state index contributed by atoms with van der Waals surface area (Å²) in [5.41, 5.74) is 1.97. The van der Waals surface area contributed by atoms with Crippen molar-refractivity contribution in [2.45, 2.75) is 30.8 Å². The first-order valence-corrected chi connectivity index (χ1v) is 12.8. The van der Waals surface area contributed by atoms with E-state index in [1.165, 1.54) is 19.2 Å². The van der Waals surface area contributed by atoms with E-state index in [-0.39, 0.29) is 16.9 Å². The van der Waals surface area contributed by atoms with Gasteiger partial charge in [-0.05, 0) is 86.0 Å². The fourth-order valence-electron chi connectivity index (χ4n) is 3.64. The summed E-state index contributed by atoms with van der Waals surface area (Å²) < 4.78 is 44.7. The molecule has 1 atom stereocenters. The lowest BCUT2D eigenvalue weighted by molar-refractivity contribution is 0.0679. The molecule has 3 aromatic rings. The molecule has 9 heteroatoms. The van der Waals surface area contributed by atoms with E-state index < -0.39 is 10.0 Å².